The third-order valence-corrected chi connectivity index (χ3v) is 5.65. The van der Waals surface area contributed by atoms with Crippen molar-refractivity contribution in [3.05, 3.63) is 71.5 Å². The molecule has 0 saturated carbocycles. The van der Waals surface area contributed by atoms with Gasteiger partial charge in [0.25, 0.3) is 0 Å². The zero-order chi connectivity index (χ0) is 15.6. The van der Waals surface area contributed by atoms with Gasteiger partial charge in [-0.05, 0) is 30.2 Å². The summed E-state index contributed by atoms with van der Waals surface area (Å²) in [4.78, 5) is 4.34. The van der Waals surface area contributed by atoms with E-state index in [2.05, 4.69) is 4.98 Å². The summed E-state index contributed by atoms with van der Waals surface area (Å²) in [5.74, 6) is 0.0460. The highest BCUT2D eigenvalue weighted by Crippen LogP contribution is 2.29. The molecule has 0 radical (unpaired) electrons. The van der Waals surface area contributed by atoms with Crippen molar-refractivity contribution in [1.29, 1.82) is 0 Å². The van der Waals surface area contributed by atoms with Crippen LogP contribution in [0.4, 0.5) is 0 Å². The van der Waals surface area contributed by atoms with Crippen molar-refractivity contribution in [1.82, 2.24) is 4.98 Å². The number of rotatable bonds is 4. The highest BCUT2D eigenvalue weighted by atomic mass is 35.5. The molecule has 3 nitrogen and oxygen atoms in total. The Kier molecular flexibility index (Phi) is 4.14. The molecule has 0 spiro atoms. The molecule has 3 aromatic rings. The van der Waals surface area contributed by atoms with Gasteiger partial charge in [0.2, 0.25) is 0 Å². The molecular formula is C17H14ClNO2S. The fourth-order valence-corrected chi connectivity index (χ4v) is 4.15. The molecule has 0 N–H and O–H groups in total. The number of halogens is 1. The highest BCUT2D eigenvalue weighted by molar-refractivity contribution is 7.91. The van der Waals surface area contributed by atoms with Crippen molar-refractivity contribution in [3.63, 3.8) is 0 Å². The summed E-state index contributed by atoms with van der Waals surface area (Å²) in [7, 11) is -3.39. The molecule has 0 unspecified atom stereocenters. The summed E-state index contributed by atoms with van der Waals surface area (Å²) in [6.07, 6.45) is 3.80. The summed E-state index contributed by atoms with van der Waals surface area (Å²) >= 11 is 6.15. The lowest BCUT2D eigenvalue weighted by Crippen LogP contribution is -2.10. The van der Waals surface area contributed by atoms with E-state index in [1.807, 2.05) is 24.3 Å². The van der Waals surface area contributed by atoms with Gasteiger partial charge in [-0.25, -0.2) is 8.42 Å². The van der Waals surface area contributed by atoms with Gasteiger partial charge in [-0.15, -0.1) is 0 Å². The van der Waals surface area contributed by atoms with E-state index in [0.29, 0.717) is 21.7 Å². The Morgan fingerprint density at radius 1 is 0.955 bits per heavy atom. The maximum atomic E-state index is 12.7. The lowest BCUT2D eigenvalue weighted by atomic mass is 10.1. The standard InChI is InChI=1S/C17H14ClNO2S/c18-16-7-8-17(15-6-2-1-5-14(15)16)22(20,21)11-9-13-4-3-10-19-12-13/h1-8,10,12H,9,11H2. The second-order valence-electron chi connectivity index (χ2n) is 5.02. The van der Waals surface area contributed by atoms with Crippen LogP contribution in [0, 0.1) is 0 Å². The molecule has 0 bridgehead atoms. The first kappa shape index (κ1) is 15.0. The van der Waals surface area contributed by atoms with Crippen molar-refractivity contribution in [3.8, 4) is 0 Å². The normalized spacial score (nSPS) is 11.7. The average molecular weight is 332 g/mol. The first-order chi connectivity index (χ1) is 10.6. The first-order valence-corrected chi connectivity index (χ1v) is 8.90. The van der Waals surface area contributed by atoms with Gasteiger partial charge in [-0.1, -0.05) is 41.9 Å². The Morgan fingerprint density at radius 3 is 2.45 bits per heavy atom. The van der Waals surface area contributed by atoms with E-state index >= 15 is 0 Å². The van der Waals surface area contributed by atoms with Crippen molar-refractivity contribution >= 4 is 32.2 Å². The van der Waals surface area contributed by atoms with E-state index in [0.717, 1.165) is 10.9 Å². The molecule has 0 aliphatic heterocycles. The van der Waals surface area contributed by atoms with E-state index in [4.69, 9.17) is 11.6 Å². The molecule has 0 aliphatic rings. The monoisotopic (exact) mass is 331 g/mol. The molecule has 5 heteroatoms. The van der Waals surface area contributed by atoms with Crippen LogP contribution < -0.4 is 0 Å². The molecule has 1 heterocycles. The van der Waals surface area contributed by atoms with Gasteiger partial charge < -0.3 is 0 Å². The van der Waals surface area contributed by atoms with Crippen LogP contribution in [0.1, 0.15) is 5.56 Å². The minimum Gasteiger partial charge on any atom is -0.264 e. The number of aromatic nitrogens is 1. The topological polar surface area (TPSA) is 47.0 Å². The SMILES string of the molecule is O=S(=O)(CCc1cccnc1)c1ccc(Cl)c2ccccc12. The van der Waals surface area contributed by atoms with E-state index in [1.165, 1.54) is 0 Å². The molecule has 1 aromatic heterocycles. The lowest BCUT2D eigenvalue weighted by molar-refractivity contribution is 0.596. The van der Waals surface area contributed by atoms with Crippen molar-refractivity contribution in [2.24, 2.45) is 0 Å². The van der Waals surface area contributed by atoms with Crippen molar-refractivity contribution in [2.75, 3.05) is 5.75 Å². The molecule has 3 rings (SSSR count). The van der Waals surface area contributed by atoms with E-state index in [-0.39, 0.29) is 5.75 Å². The second kappa shape index (κ2) is 6.07. The number of hydrogen-bond donors (Lipinski definition) is 0. The van der Waals surface area contributed by atoms with Crippen LogP contribution in [0.15, 0.2) is 65.8 Å². The summed E-state index contributed by atoms with van der Waals surface area (Å²) in [6, 6.07) is 14.2. The van der Waals surface area contributed by atoms with Gasteiger partial charge >= 0.3 is 0 Å². The van der Waals surface area contributed by atoms with Crippen LogP contribution in [-0.2, 0) is 16.3 Å². The van der Waals surface area contributed by atoms with Gasteiger partial charge in [0.1, 0.15) is 0 Å². The zero-order valence-electron chi connectivity index (χ0n) is 11.7. The van der Waals surface area contributed by atoms with E-state index in [9.17, 15) is 8.42 Å². The number of hydrogen-bond acceptors (Lipinski definition) is 3. The number of benzene rings is 2. The summed E-state index contributed by atoms with van der Waals surface area (Å²) < 4.78 is 25.3. The molecule has 2 aromatic carbocycles. The highest BCUT2D eigenvalue weighted by Gasteiger charge is 2.18. The quantitative estimate of drug-likeness (QED) is 0.728. The number of aryl methyl sites for hydroxylation is 1. The largest absolute Gasteiger partial charge is 0.264 e. The number of nitrogens with zero attached hydrogens (tertiary/aromatic N) is 1. The van der Waals surface area contributed by atoms with Crippen LogP contribution in [-0.4, -0.2) is 19.2 Å². The van der Waals surface area contributed by atoms with Gasteiger partial charge in [0.15, 0.2) is 9.84 Å². The molecule has 0 fully saturated rings. The van der Waals surface area contributed by atoms with Crippen LogP contribution in [0.25, 0.3) is 10.8 Å². The number of fused-ring (bicyclic) bond motifs is 1. The van der Waals surface area contributed by atoms with E-state index in [1.54, 1.807) is 36.7 Å². The smallest absolute Gasteiger partial charge is 0.179 e. The Balaban J connectivity index is 1.98. The van der Waals surface area contributed by atoms with Crippen LogP contribution in [0.2, 0.25) is 5.02 Å². The minimum absolute atomic E-state index is 0.0460. The van der Waals surface area contributed by atoms with Crippen LogP contribution in [0.3, 0.4) is 0 Å². The molecule has 0 saturated heterocycles. The fraction of sp³-hybridized carbons (Fsp3) is 0.118. The second-order valence-corrected chi connectivity index (χ2v) is 7.51. The molecule has 0 amide bonds. The molecule has 22 heavy (non-hydrogen) atoms. The Bertz CT molecular complexity index is 908. The predicted octanol–water partition coefficient (Wildman–Crippen LogP) is 3.90. The fourth-order valence-electron chi connectivity index (χ4n) is 2.41. The third kappa shape index (κ3) is 2.98. The summed E-state index contributed by atoms with van der Waals surface area (Å²) in [5, 5.41) is 1.98. The molecular weight excluding hydrogens is 318 g/mol. The Labute approximate surface area is 134 Å². The Hall–Kier alpha value is -1.91. The van der Waals surface area contributed by atoms with Gasteiger partial charge in [-0.3, -0.25) is 4.98 Å². The third-order valence-electron chi connectivity index (χ3n) is 3.55. The van der Waals surface area contributed by atoms with Crippen LogP contribution in [0.5, 0.6) is 0 Å². The van der Waals surface area contributed by atoms with Crippen molar-refractivity contribution in [2.45, 2.75) is 11.3 Å². The maximum Gasteiger partial charge on any atom is 0.179 e. The Morgan fingerprint density at radius 2 is 1.73 bits per heavy atom. The average Bonchev–Trinajstić information content (AvgIpc) is 2.54. The molecule has 112 valence electrons. The molecule has 0 atom stereocenters. The number of sulfone groups is 1. The van der Waals surface area contributed by atoms with E-state index < -0.39 is 9.84 Å². The van der Waals surface area contributed by atoms with Gasteiger partial charge in [-0.2, -0.15) is 0 Å². The van der Waals surface area contributed by atoms with Gasteiger partial charge in [0.05, 0.1) is 10.6 Å². The lowest BCUT2D eigenvalue weighted by Gasteiger charge is -2.09. The van der Waals surface area contributed by atoms with Crippen molar-refractivity contribution < 1.29 is 8.42 Å². The minimum atomic E-state index is -3.39. The summed E-state index contributed by atoms with van der Waals surface area (Å²) in [6.45, 7) is 0. The first-order valence-electron chi connectivity index (χ1n) is 6.87. The van der Waals surface area contributed by atoms with Gasteiger partial charge in [0, 0.05) is 28.2 Å². The summed E-state index contributed by atoms with van der Waals surface area (Å²) in [5.41, 5.74) is 0.907. The zero-order valence-corrected chi connectivity index (χ0v) is 13.3. The molecule has 0 aliphatic carbocycles. The van der Waals surface area contributed by atoms with Crippen LogP contribution >= 0.6 is 11.6 Å². The predicted molar refractivity (Wildman–Crippen MR) is 89.0 cm³/mol. The number of pyridine rings is 1. The maximum absolute atomic E-state index is 12.7.